The molecule has 2 atom stereocenters. The van der Waals surface area contributed by atoms with E-state index in [1.54, 1.807) is 11.3 Å². The third-order valence-corrected chi connectivity index (χ3v) is 5.82. The zero-order valence-corrected chi connectivity index (χ0v) is 14.8. The number of rotatable bonds is 1. The van der Waals surface area contributed by atoms with Gasteiger partial charge in [-0.1, -0.05) is 36.7 Å². The molecule has 0 fully saturated rings. The summed E-state index contributed by atoms with van der Waals surface area (Å²) in [4.78, 5) is 2.53. The fourth-order valence-corrected chi connectivity index (χ4v) is 4.01. The van der Waals surface area contributed by atoms with E-state index in [0.717, 1.165) is 15.8 Å². The van der Waals surface area contributed by atoms with Crippen LogP contribution in [0.2, 0.25) is 0 Å². The molecular formula is C17H19BrO2S. The van der Waals surface area contributed by atoms with Crippen LogP contribution in [-0.4, -0.2) is 5.11 Å². The first-order valence-corrected chi connectivity index (χ1v) is 8.70. The summed E-state index contributed by atoms with van der Waals surface area (Å²) < 4.78 is 7.07. The van der Waals surface area contributed by atoms with Gasteiger partial charge in [0.1, 0.15) is 11.9 Å². The number of benzene rings is 1. The van der Waals surface area contributed by atoms with Crippen LogP contribution in [0, 0.1) is 0 Å². The highest BCUT2D eigenvalue weighted by Gasteiger charge is 2.30. The maximum atomic E-state index is 10.4. The van der Waals surface area contributed by atoms with Crippen molar-refractivity contribution < 1.29 is 9.84 Å². The van der Waals surface area contributed by atoms with Crippen LogP contribution in [0.1, 0.15) is 54.7 Å². The molecule has 0 aliphatic carbocycles. The Morgan fingerprint density at radius 1 is 1.24 bits per heavy atom. The van der Waals surface area contributed by atoms with Crippen molar-refractivity contribution in [1.82, 2.24) is 0 Å². The summed E-state index contributed by atoms with van der Waals surface area (Å²) in [6.07, 6.45) is 0.0688. The molecule has 1 aliphatic rings. The van der Waals surface area contributed by atoms with Crippen LogP contribution in [0.4, 0.5) is 0 Å². The van der Waals surface area contributed by atoms with Crippen molar-refractivity contribution in [3.05, 3.63) is 50.1 Å². The highest BCUT2D eigenvalue weighted by molar-refractivity contribution is 9.10. The lowest BCUT2D eigenvalue weighted by Gasteiger charge is -2.29. The first-order valence-electron chi connectivity index (χ1n) is 7.09. The molecule has 1 N–H and O–H groups in total. The molecule has 0 amide bonds. The molecule has 2 aromatic rings. The van der Waals surface area contributed by atoms with E-state index in [4.69, 9.17) is 4.74 Å². The molecule has 0 saturated heterocycles. The van der Waals surface area contributed by atoms with Crippen LogP contribution in [0.25, 0.3) is 0 Å². The van der Waals surface area contributed by atoms with Crippen molar-refractivity contribution >= 4 is 27.3 Å². The van der Waals surface area contributed by atoms with E-state index in [0.29, 0.717) is 6.42 Å². The topological polar surface area (TPSA) is 29.5 Å². The fourth-order valence-electron chi connectivity index (χ4n) is 2.52. The van der Waals surface area contributed by atoms with E-state index in [1.807, 2.05) is 18.2 Å². The van der Waals surface area contributed by atoms with Gasteiger partial charge in [0.15, 0.2) is 0 Å². The lowest BCUT2D eigenvalue weighted by atomic mass is 9.95. The monoisotopic (exact) mass is 366 g/mol. The second-order valence-electron chi connectivity index (χ2n) is 6.49. The molecule has 1 aromatic heterocycles. The summed E-state index contributed by atoms with van der Waals surface area (Å²) in [6.45, 7) is 6.64. The first-order chi connectivity index (χ1) is 9.84. The Balaban J connectivity index is 1.89. The van der Waals surface area contributed by atoms with Gasteiger partial charge in [0.05, 0.1) is 6.10 Å². The number of aliphatic hydroxyl groups excluding tert-OH is 1. The SMILES string of the molecule is CC(C)(C)c1ccc(C2C[C@@H](O)c3cc(Br)ccc3O2)s1. The van der Waals surface area contributed by atoms with Gasteiger partial charge >= 0.3 is 0 Å². The molecule has 3 rings (SSSR count). The van der Waals surface area contributed by atoms with E-state index in [1.165, 1.54) is 9.75 Å². The normalized spacial score (nSPS) is 21.8. The third-order valence-electron chi connectivity index (χ3n) is 3.72. The van der Waals surface area contributed by atoms with Crippen LogP contribution in [0.3, 0.4) is 0 Å². The molecule has 112 valence electrons. The second-order valence-corrected chi connectivity index (χ2v) is 8.52. The predicted molar refractivity (Wildman–Crippen MR) is 90.1 cm³/mol. The van der Waals surface area contributed by atoms with E-state index in [2.05, 4.69) is 48.8 Å². The van der Waals surface area contributed by atoms with Gasteiger partial charge in [-0.05, 0) is 35.7 Å². The van der Waals surface area contributed by atoms with Crippen LogP contribution >= 0.6 is 27.3 Å². The highest BCUT2D eigenvalue weighted by Crippen LogP contribution is 2.44. The van der Waals surface area contributed by atoms with Crippen molar-refractivity contribution in [3.8, 4) is 5.75 Å². The Morgan fingerprint density at radius 2 is 2.00 bits per heavy atom. The molecule has 21 heavy (non-hydrogen) atoms. The van der Waals surface area contributed by atoms with Gasteiger partial charge in [-0.15, -0.1) is 11.3 Å². The number of fused-ring (bicyclic) bond motifs is 1. The maximum Gasteiger partial charge on any atom is 0.136 e. The molecule has 0 bridgehead atoms. The average Bonchev–Trinajstić information content (AvgIpc) is 2.89. The molecule has 1 unspecified atom stereocenters. The minimum absolute atomic E-state index is 0.0604. The second kappa shape index (κ2) is 5.41. The molecule has 0 radical (unpaired) electrons. The smallest absolute Gasteiger partial charge is 0.136 e. The number of hydrogen-bond donors (Lipinski definition) is 1. The van der Waals surface area contributed by atoms with Crippen LogP contribution < -0.4 is 4.74 Å². The summed E-state index contributed by atoms with van der Waals surface area (Å²) in [5, 5.41) is 10.4. The minimum atomic E-state index is -0.476. The van der Waals surface area contributed by atoms with Crippen molar-refractivity contribution in [2.24, 2.45) is 0 Å². The van der Waals surface area contributed by atoms with Crippen LogP contribution in [0.5, 0.6) is 5.75 Å². The van der Waals surface area contributed by atoms with E-state index in [-0.39, 0.29) is 11.5 Å². The van der Waals surface area contributed by atoms with Gasteiger partial charge in [0.25, 0.3) is 0 Å². The lowest BCUT2D eigenvalue weighted by Crippen LogP contribution is -2.18. The lowest BCUT2D eigenvalue weighted by molar-refractivity contribution is 0.0674. The van der Waals surface area contributed by atoms with Gasteiger partial charge in [-0.3, -0.25) is 0 Å². The highest BCUT2D eigenvalue weighted by atomic mass is 79.9. The number of thiophene rings is 1. The number of aliphatic hydroxyl groups is 1. The maximum absolute atomic E-state index is 10.4. The first kappa shape index (κ1) is 15.1. The summed E-state index contributed by atoms with van der Waals surface area (Å²) >= 11 is 5.22. The Morgan fingerprint density at radius 3 is 2.67 bits per heavy atom. The molecule has 2 nitrogen and oxygen atoms in total. The van der Waals surface area contributed by atoms with E-state index < -0.39 is 6.10 Å². The molecule has 0 saturated carbocycles. The largest absolute Gasteiger partial charge is 0.484 e. The van der Waals surface area contributed by atoms with Crippen molar-refractivity contribution in [2.75, 3.05) is 0 Å². The predicted octanol–water partition coefficient (Wildman–Crippen LogP) is 5.37. The zero-order valence-electron chi connectivity index (χ0n) is 12.4. The van der Waals surface area contributed by atoms with Gasteiger partial charge in [-0.25, -0.2) is 0 Å². The standard InChI is InChI=1S/C17H19BrO2S/c1-17(2,3)16-7-6-15(21-16)14-9-12(19)11-8-10(18)4-5-13(11)20-14/h4-8,12,14,19H,9H2,1-3H3/t12-,14?/m1/s1. The summed E-state index contributed by atoms with van der Waals surface area (Å²) in [5.74, 6) is 0.785. The molecular weight excluding hydrogens is 348 g/mol. The van der Waals surface area contributed by atoms with Crippen molar-refractivity contribution in [2.45, 2.75) is 44.8 Å². The third kappa shape index (κ3) is 3.03. The van der Waals surface area contributed by atoms with Gasteiger partial charge in [0.2, 0.25) is 0 Å². The number of ether oxygens (including phenoxy) is 1. The minimum Gasteiger partial charge on any atom is -0.484 e. The molecule has 4 heteroatoms. The molecule has 2 heterocycles. The van der Waals surface area contributed by atoms with Gasteiger partial charge in [0, 0.05) is 26.2 Å². The fraction of sp³-hybridized carbons (Fsp3) is 0.412. The zero-order chi connectivity index (χ0) is 15.2. The summed E-state index contributed by atoms with van der Waals surface area (Å²) in [6, 6.07) is 10.1. The molecule has 1 aromatic carbocycles. The molecule has 1 aliphatic heterocycles. The summed E-state index contributed by atoms with van der Waals surface area (Å²) in [7, 11) is 0. The number of hydrogen-bond acceptors (Lipinski definition) is 3. The van der Waals surface area contributed by atoms with Crippen molar-refractivity contribution in [3.63, 3.8) is 0 Å². The van der Waals surface area contributed by atoms with Crippen LogP contribution in [0.15, 0.2) is 34.8 Å². The Hall–Kier alpha value is -0.840. The van der Waals surface area contributed by atoms with E-state index >= 15 is 0 Å². The van der Waals surface area contributed by atoms with Crippen LogP contribution in [-0.2, 0) is 5.41 Å². The molecule has 0 spiro atoms. The average molecular weight is 367 g/mol. The Kier molecular flexibility index (Phi) is 3.89. The van der Waals surface area contributed by atoms with E-state index in [9.17, 15) is 5.11 Å². The summed E-state index contributed by atoms with van der Waals surface area (Å²) in [5.41, 5.74) is 1.02. The van der Waals surface area contributed by atoms with Gasteiger partial charge < -0.3 is 9.84 Å². The quantitative estimate of drug-likeness (QED) is 0.735. The van der Waals surface area contributed by atoms with Gasteiger partial charge in [-0.2, -0.15) is 0 Å². The number of halogens is 1. The Labute approximate surface area is 137 Å². The Bertz CT molecular complexity index is 657. The van der Waals surface area contributed by atoms with Crippen molar-refractivity contribution in [1.29, 1.82) is 0 Å².